The molecule has 20 heavy (non-hydrogen) atoms. The van der Waals surface area contributed by atoms with Gasteiger partial charge in [0.25, 0.3) is 0 Å². The SMILES string of the molecule is C=CCN(C1CC1)S(=O)(=O)c1ccc(Cl)c(CNC)c1. The molecule has 1 aromatic carbocycles. The molecule has 0 unspecified atom stereocenters. The third-order valence-electron chi connectivity index (χ3n) is 3.25. The van der Waals surface area contributed by atoms with E-state index in [0.717, 1.165) is 18.4 Å². The average Bonchev–Trinajstić information content (AvgIpc) is 3.22. The Kier molecular flexibility index (Phi) is 4.86. The van der Waals surface area contributed by atoms with E-state index >= 15 is 0 Å². The van der Waals surface area contributed by atoms with Crippen molar-refractivity contribution in [2.75, 3.05) is 13.6 Å². The third kappa shape index (κ3) is 3.23. The molecule has 1 fully saturated rings. The second-order valence-electron chi connectivity index (χ2n) is 4.88. The van der Waals surface area contributed by atoms with Crippen molar-refractivity contribution in [1.82, 2.24) is 9.62 Å². The number of hydrogen-bond acceptors (Lipinski definition) is 3. The molecule has 0 amide bonds. The van der Waals surface area contributed by atoms with Crippen LogP contribution >= 0.6 is 11.6 Å². The summed E-state index contributed by atoms with van der Waals surface area (Å²) in [5, 5.41) is 3.55. The fraction of sp³-hybridized carbons (Fsp3) is 0.429. The lowest BCUT2D eigenvalue weighted by Crippen LogP contribution is -2.33. The molecule has 0 heterocycles. The molecule has 0 aliphatic heterocycles. The van der Waals surface area contributed by atoms with Gasteiger partial charge in [-0.25, -0.2) is 8.42 Å². The van der Waals surface area contributed by atoms with E-state index in [2.05, 4.69) is 11.9 Å². The molecule has 0 atom stereocenters. The maximum atomic E-state index is 12.7. The van der Waals surface area contributed by atoms with E-state index in [1.165, 1.54) is 4.31 Å². The van der Waals surface area contributed by atoms with Gasteiger partial charge < -0.3 is 5.32 Å². The lowest BCUT2D eigenvalue weighted by molar-refractivity contribution is 0.436. The Bertz CT molecular complexity index is 597. The molecule has 1 N–H and O–H groups in total. The summed E-state index contributed by atoms with van der Waals surface area (Å²) in [6.45, 7) is 4.52. The van der Waals surface area contributed by atoms with Gasteiger partial charge in [-0.05, 0) is 43.7 Å². The van der Waals surface area contributed by atoms with Crippen molar-refractivity contribution in [1.29, 1.82) is 0 Å². The van der Waals surface area contributed by atoms with E-state index in [4.69, 9.17) is 11.6 Å². The van der Waals surface area contributed by atoms with E-state index in [9.17, 15) is 8.42 Å². The van der Waals surface area contributed by atoms with Gasteiger partial charge in [-0.15, -0.1) is 6.58 Å². The van der Waals surface area contributed by atoms with Crippen LogP contribution in [0, 0.1) is 0 Å². The molecule has 0 bridgehead atoms. The van der Waals surface area contributed by atoms with Gasteiger partial charge in [-0.1, -0.05) is 17.7 Å². The lowest BCUT2D eigenvalue weighted by Gasteiger charge is -2.20. The molecule has 0 spiro atoms. The average molecular weight is 315 g/mol. The number of benzene rings is 1. The summed E-state index contributed by atoms with van der Waals surface area (Å²) in [7, 11) is -1.68. The topological polar surface area (TPSA) is 49.4 Å². The summed E-state index contributed by atoms with van der Waals surface area (Å²) in [6, 6.07) is 4.96. The zero-order valence-electron chi connectivity index (χ0n) is 11.5. The Hall–Kier alpha value is -0.880. The molecule has 2 rings (SSSR count). The molecule has 4 nitrogen and oxygen atoms in total. The minimum atomic E-state index is -3.48. The third-order valence-corrected chi connectivity index (χ3v) is 5.54. The highest BCUT2D eigenvalue weighted by Crippen LogP contribution is 2.32. The second kappa shape index (κ2) is 6.26. The van der Waals surface area contributed by atoms with Crippen LogP contribution in [0.15, 0.2) is 35.7 Å². The first kappa shape index (κ1) is 15.5. The minimum Gasteiger partial charge on any atom is -0.316 e. The first-order chi connectivity index (χ1) is 9.50. The molecule has 0 radical (unpaired) electrons. The van der Waals surface area contributed by atoms with E-state index in [-0.39, 0.29) is 6.04 Å². The number of sulfonamides is 1. The molecule has 1 aromatic rings. The van der Waals surface area contributed by atoms with Crippen LogP contribution in [0.3, 0.4) is 0 Å². The highest BCUT2D eigenvalue weighted by molar-refractivity contribution is 7.89. The van der Waals surface area contributed by atoms with Crippen LogP contribution in [0.2, 0.25) is 5.02 Å². The highest BCUT2D eigenvalue weighted by atomic mass is 35.5. The van der Waals surface area contributed by atoms with E-state index in [1.807, 2.05) is 0 Å². The number of rotatable bonds is 7. The summed E-state index contributed by atoms with van der Waals surface area (Å²) in [6.07, 6.45) is 3.47. The van der Waals surface area contributed by atoms with Gasteiger partial charge in [0.15, 0.2) is 0 Å². The van der Waals surface area contributed by atoms with Gasteiger partial charge in [-0.3, -0.25) is 0 Å². The summed E-state index contributed by atoms with van der Waals surface area (Å²) < 4.78 is 26.9. The number of nitrogens with one attached hydrogen (secondary N) is 1. The van der Waals surface area contributed by atoms with Crippen LogP contribution in [0.1, 0.15) is 18.4 Å². The number of nitrogens with zero attached hydrogens (tertiary/aromatic N) is 1. The Morgan fingerprint density at radius 3 is 2.75 bits per heavy atom. The van der Waals surface area contributed by atoms with Gasteiger partial charge in [0.2, 0.25) is 10.0 Å². The Morgan fingerprint density at radius 2 is 2.20 bits per heavy atom. The van der Waals surface area contributed by atoms with Gasteiger partial charge in [0.1, 0.15) is 0 Å². The molecule has 110 valence electrons. The summed E-state index contributed by atoms with van der Waals surface area (Å²) >= 11 is 6.08. The molecule has 6 heteroatoms. The Balaban J connectivity index is 2.37. The quantitative estimate of drug-likeness (QED) is 0.786. The van der Waals surface area contributed by atoms with Crippen molar-refractivity contribution < 1.29 is 8.42 Å². The Labute approximate surface area is 125 Å². The van der Waals surface area contributed by atoms with Crippen molar-refractivity contribution >= 4 is 21.6 Å². The van der Waals surface area contributed by atoms with Crippen LogP contribution in [0.5, 0.6) is 0 Å². The van der Waals surface area contributed by atoms with Crippen molar-refractivity contribution in [3.8, 4) is 0 Å². The normalized spacial score (nSPS) is 15.6. The number of halogens is 1. The summed E-state index contributed by atoms with van der Waals surface area (Å²) in [4.78, 5) is 0.293. The highest BCUT2D eigenvalue weighted by Gasteiger charge is 2.37. The first-order valence-electron chi connectivity index (χ1n) is 6.56. The molecular weight excluding hydrogens is 296 g/mol. The zero-order chi connectivity index (χ0) is 14.8. The van der Waals surface area contributed by atoms with Crippen molar-refractivity contribution in [2.45, 2.75) is 30.3 Å². The summed E-state index contributed by atoms with van der Waals surface area (Å²) in [5.74, 6) is 0. The molecule has 0 saturated heterocycles. The van der Waals surface area contributed by atoms with Gasteiger partial charge in [0, 0.05) is 24.2 Å². The van der Waals surface area contributed by atoms with Crippen LogP contribution in [-0.2, 0) is 16.6 Å². The largest absolute Gasteiger partial charge is 0.316 e. The maximum Gasteiger partial charge on any atom is 0.243 e. The second-order valence-corrected chi connectivity index (χ2v) is 7.18. The Morgan fingerprint density at radius 1 is 1.50 bits per heavy atom. The molecule has 1 saturated carbocycles. The van der Waals surface area contributed by atoms with Crippen LogP contribution < -0.4 is 5.32 Å². The molecular formula is C14H19ClN2O2S. The zero-order valence-corrected chi connectivity index (χ0v) is 13.0. The van der Waals surface area contributed by atoms with Gasteiger partial charge in [-0.2, -0.15) is 4.31 Å². The monoisotopic (exact) mass is 314 g/mol. The molecule has 0 aromatic heterocycles. The lowest BCUT2D eigenvalue weighted by atomic mass is 10.2. The van der Waals surface area contributed by atoms with E-state index in [0.29, 0.717) is 23.0 Å². The standard InChI is InChI=1S/C14H19ClN2O2S/c1-3-8-17(12-4-5-12)20(18,19)13-6-7-14(15)11(9-13)10-16-2/h3,6-7,9,12,16H,1,4-5,8,10H2,2H3. The molecule has 1 aliphatic rings. The molecule has 1 aliphatic carbocycles. The fourth-order valence-corrected chi connectivity index (χ4v) is 4.00. The predicted octanol–water partition coefficient (Wildman–Crippen LogP) is 2.40. The number of hydrogen-bond donors (Lipinski definition) is 1. The van der Waals surface area contributed by atoms with E-state index < -0.39 is 10.0 Å². The summed E-state index contributed by atoms with van der Waals surface area (Å²) in [5.41, 5.74) is 0.782. The van der Waals surface area contributed by atoms with Crippen LogP contribution in [0.25, 0.3) is 0 Å². The predicted molar refractivity (Wildman–Crippen MR) is 81.3 cm³/mol. The smallest absolute Gasteiger partial charge is 0.243 e. The van der Waals surface area contributed by atoms with Gasteiger partial charge in [0.05, 0.1) is 4.90 Å². The van der Waals surface area contributed by atoms with Crippen molar-refractivity contribution in [3.05, 3.63) is 41.4 Å². The minimum absolute atomic E-state index is 0.112. The fourth-order valence-electron chi connectivity index (χ4n) is 2.11. The van der Waals surface area contributed by atoms with Crippen LogP contribution in [0.4, 0.5) is 0 Å². The maximum absolute atomic E-state index is 12.7. The van der Waals surface area contributed by atoms with Crippen LogP contribution in [-0.4, -0.2) is 32.4 Å². The van der Waals surface area contributed by atoms with E-state index in [1.54, 1.807) is 31.3 Å². The first-order valence-corrected chi connectivity index (χ1v) is 8.38. The van der Waals surface area contributed by atoms with Crippen molar-refractivity contribution in [2.24, 2.45) is 0 Å². The van der Waals surface area contributed by atoms with Crippen molar-refractivity contribution in [3.63, 3.8) is 0 Å². The van der Waals surface area contributed by atoms with Gasteiger partial charge >= 0.3 is 0 Å².